The number of benzene rings is 4. The summed E-state index contributed by atoms with van der Waals surface area (Å²) >= 11 is 0. The minimum Gasteiger partial charge on any atom is -0.346 e. The number of carbonyl (C=O) groups is 3. The van der Waals surface area contributed by atoms with Gasteiger partial charge >= 0.3 is 0 Å². The molecule has 0 unspecified atom stereocenters. The zero-order valence-corrected chi connectivity index (χ0v) is 27.9. The van der Waals surface area contributed by atoms with Crippen LogP contribution in [0.4, 0.5) is 0 Å². The molecule has 4 aromatic carbocycles. The summed E-state index contributed by atoms with van der Waals surface area (Å²) in [5.74, 6) is -1.09. The van der Waals surface area contributed by atoms with Gasteiger partial charge in [0.25, 0.3) is 17.7 Å². The van der Waals surface area contributed by atoms with Crippen LogP contribution in [0, 0.1) is 41.5 Å². The highest BCUT2D eigenvalue weighted by molar-refractivity contribution is 6.04. The lowest BCUT2D eigenvalue weighted by Gasteiger charge is -2.20. The van der Waals surface area contributed by atoms with Gasteiger partial charge in [-0.05, 0) is 114 Å². The Morgan fingerprint density at radius 1 is 0.422 bits per heavy atom. The van der Waals surface area contributed by atoms with E-state index in [4.69, 9.17) is 0 Å². The van der Waals surface area contributed by atoms with Crippen LogP contribution in [-0.4, -0.2) is 17.7 Å². The van der Waals surface area contributed by atoms with Crippen molar-refractivity contribution in [3.8, 4) is 0 Å². The summed E-state index contributed by atoms with van der Waals surface area (Å²) in [5, 5.41) is 9.21. The highest BCUT2D eigenvalue weighted by Gasteiger charge is 2.22. The molecule has 4 rings (SSSR count). The van der Waals surface area contributed by atoms with E-state index < -0.39 is 0 Å². The molecule has 0 aliphatic heterocycles. The molecular weight excluding hydrogens is 558 g/mol. The molecule has 0 aliphatic carbocycles. The molecule has 0 radical (unpaired) electrons. The third-order valence-electron chi connectivity index (χ3n) is 8.47. The predicted octanol–water partition coefficient (Wildman–Crippen LogP) is 8.01. The van der Waals surface area contributed by atoms with Gasteiger partial charge in [0.1, 0.15) is 0 Å². The highest BCUT2D eigenvalue weighted by Crippen LogP contribution is 2.23. The molecule has 6 nitrogen and oxygen atoms in total. The lowest BCUT2D eigenvalue weighted by molar-refractivity contribution is 0.0939. The van der Waals surface area contributed by atoms with Gasteiger partial charge in [0, 0.05) is 16.7 Å². The molecule has 0 saturated carbocycles. The summed E-state index contributed by atoms with van der Waals surface area (Å²) in [6.07, 6.45) is 0. The molecule has 3 atom stereocenters. The van der Waals surface area contributed by atoms with Crippen LogP contribution in [0.5, 0.6) is 0 Å². The second-order valence-corrected chi connectivity index (χ2v) is 12.5. The second-order valence-electron chi connectivity index (χ2n) is 12.5. The molecule has 0 aliphatic rings. The van der Waals surface area contributed by atoms with Crippen LogP contribution in [0.15, 0.2) is 72.8 Å². The van der Waals surface area contributed by atoms with Gasteiger partial charge in [-0.15, -0.1) is 0 Å². The fourth-order valence-corrected chi connectivity index (χ4v) is 5.77. The topological polar surface area (TPSA) is 87.3 Å². The maximum atomic E-state index is 13.7. The maximum Gasteiger partial charge on any atom is 0.251 e. The Kier molecular flexibility index (Phi) is 10.3. The molecule has 0 bridgehead atoms. The second kappa shape index (κ2) is 13.9. The molecular formula is C39H45N3O3. The van der Waals surface area contributed by atoms with Gasteiger partial charge in [0.2, 0.25) is 0 Å². The number of hydrogen-bond donors (Lipinski definition) is 3. The van der Waals surface area contributed by atoms with Crippen LogP contribution >= 0.6 is 0 Å². The lowest BCUT2D eigenvalue weighted by atomic mass is 9.97. The standard InChI is InChI=1S/C39H45N3O3/c1-22-10-13-25(4)34(16-22)28(7)40-37(43)31-19-32(38(44)41-29(8)35-17-23(2)11-14-26(35)5)21-33(20-31)39(45)42-30(9)36-18-24(3)12-15-27(36)6/h10-21,28-30H,1-9H3,(H,40,43)(H,41,44)(H,42,45)/t28-,29-,30-/m0/s1. The van der Waals surface area contributed by atoms with Crippen molar-refractivity contribution >= 4 is 17.7 Å². The first-order chi connectivity index (χ1) is 21.2. The van der Waals surface area contributed by atoms with E-state index in [1.807, 2.05) is 98.7 Å². The SMILES string of the molecule is Cc1ccc(C)c([C@H](C)NC(=O)c2cc(C(=O)N[C@@H](C)c3cc(C)ccc3C)cc(C(=O)N[C@@H](C)c3cc(C)ccc3C)c2)c1. The maximum absolute atomic E-state index is 13.7. The third kappa shape index (κ3) is 8.07. The molecule has 0 spiro atoms. The summed E-state index contributed by atoms with van der Waals surface area (Å²) in [4.78, 5) is 41.0. The minimum atomic E-state index is -0.364. The molecule has 0 heterocycles. The normalized spacial score (nSPS) is 13.0. The van der Waals surface area contributed by atoms with Gasteiger partial charge < -0.3 is 16.0 Å². The van der Waals surface area contributed by atoms with Crippen molar-refractivity contribution in [2.45, 2.75) is 80.4 Å². The van der Waals surface area contributed by atoms with Crippen LogP contribution < -0.4 is 16.0 Å². The fourth-order valence-electron chi connectivity index (χ4n) is 5.77. The molecule has 4 aromatic rings. The van der Waals surface area contributed by atoms with E-state index in [0.717, 1.165) is 50.1 Å². The highest BCUT2D eigenvalue weighted by atomic mass is 16.2. The zero-order valence-electron chi connectivity index (χ0n) is 27.9. The van der Waals surface area contributed by atoms with Crippen LogP contribution in [0.1, 0.15) is 120 Å². The van der Waals surface area contributed by atoms with Crippen molar-refractivity contribution in [3.05, 3.63) is 140 Å². The summed E-state index contributed by atoms with van der Waals surface area (Å²) in [6, 6.07) is 22.3. The number of aryl methyl sites for hydroxylation is 6. The molecule has 3 N–H and O–H groups in total. The Hall–Kier alpha value is -4.71. The van der Waals surface area contributed by atoms with Crippen LogP contribution in [0.3, 0.4) is 0 Å². The number of carbonyl (C=O) groups excluding carboxylic acids is 3. The van der Waals surface area contributed by atoms with Crippen LogP contribution in [0.2, 0.25) is 0 Å². The lowest BCUT2D eigenvalue weighted by Crippen LogP contribution is -2.31. The molecule has 234 valence electrons. The predicted molar refractivity (Wildman–Crippen MR) is 182 cm³/mol. The first kappa shape index (κ1) is 33.2. The first-order valence-corrected chi connectivity index (χ1v) is 15.5. The molecule has 0 fully saturated rings. The van der Waals surface area contributed by atoms with Gasteiger partial charge in [0.05, 0.1) is 18.1 Å². The van der Waals surface area contributed by atoms with Gasteiger partial charge in [0.15, 0.2) is 0 Å². The number of rotatable bonds is 9. The van der Waals surface area contributed by atoms with Crippen LogP contribution in [0.25, 0.3) is 0 Å². The zero-order chi connectivity index (χ0) is 33.0. The number of nitrogens with one attached hydrogen (secondary N) is 3. The van der Waals surface area contributed by atoms with Gasteiger partial charge in [-0.1, -0.05) is 71.3 Å². The average molecular weight is 604 g/mol. The monoisotopic (exact) mass is 603 g/mol. The van der Waals surface area contributed by atoms with E-state index in [0.29, 0.717) is 0 Å². The molecule has 0 aromatic heterocycles. The Labute approximate surface area is 267 Å². The van der Waals surface area contributed by atoms with Crippen molar-refractivity contribution in [1.29, 1.82) is 0 Å². The van der Waals surface area contributed by atoms with Crippen molar-refractivity contribution in [1.82, 2.24) is 16.0 Å². The van der Waals surface area contributed by atoms with E-state index in [-0.39, 0.29) is 52.5 Å². The summed E-state index contributed by atoms with van der Waals surface area (Å²) < 4.78 is 0. The van der Waals surface area contributed by atoms with Crippen molar-refractivity contribution in [3.63, 3.8) is 0 Å². The molecule has 3 amide bonds. The Morgan fingerprint density at radius 2 is 0.667 bits per heavy atom. The molecule has 0 saturated heterocycles. The summed E-state index contributed by atoms with van der Waals surface area (Å²) in [5.41, 5.74) is 10.3. The quantitative estimate of drug-likeness (QED) is 0.181. The Balaban J connectivity index is 1.66. The Morgan fingerprint density at radius 3 is 0.911 bits per heavy atom. The number of hydrogen-bond acceptors (Lipinski definition) is 3. The first-order valence-electron chi connectivity index (χ1n) is 15.5. The summed E-state index contributed by atoms with van der Waals surface area (Å²) in [7, 11) is 0. The van der Waals surface area contributed by atoms with Gasteiger partial charge in [-0.2, -0.15) is 0 Å². The average Bonchev–Trinajstić information content (AvgIpc) is 3.00. The fraction of sp³-hybridized carbons (Fsp3) is 0.308. The van der Waals surface area contributed by atoms with E-state index >= 15 is 0 Å². The van der Waals surface area contributed by atoms with E-state index in [9.17, 15) is 14.4 Å². The summed E-state index contributed by atoms with van der Waals surface area (Å²) in [6.45, 7) is 17.9. The van der Waals surface area contributed by atoms with E-state index in [2.05, 4.69) is 34.1 Å². The van der Waals surface area contributed by atoms with Gasteiger partial charge in [-0.25, -0.2) is 0 Å². The van der Waals surface area contributed by atoms with E-state index in [1.54, 1.807) is 18.2 Å². The van der Waals surface area contributed by atoms with E-state index in [1.165, 1.54) is 0 Å². The smallest absolute Gasteiger partial charge is 0.251 e. The minimum absolute atomic E-state index is 0.240. The molecule has 6 heteroatoms. The molecule has 45 heavy (non-hydrogen) atoms. The third-order valence-corrected chi connectivity index (χ3v) is 8.47. The van der Waals surface area contributed by atoms with Crippen molar-refractivity contribution in [2.24, 2.45) is 0 Å². The van der Waals surface area contributed by atoms with Gasteiger partial charge in [-0.3, -0.25) is 14.4 Å². The largest absolute Gasteiger partial charge is 0.346 e. The Bertz CT molecular complexity index is 1540. The van der Waals surface area contributed by atoms with Crippen LogP contribution in [-0.2, 0) is 0 Å². The van der Waals surface area contributed by atoms with Crippen molar-refractivity contribution in [2.75, 3.05) is 0 Å². The number of amides is 3. The van der Waals surface area contributed by atoms with Crippen molar-refractivity contribution < 1.29 is 14.4 Å².